The molecule has 1 atom stereocenters. The van der Waals surface area contributed by atoms with Crippen LogP contribution in [-0.2, 0) is 11.3 Å². The molecule has 1 aromatic rings. The molecule has 15 heavy (non-hydrogen) atoms. The maximum absolute atomic E-state index is 8.81. The highest BCUT2D eigenvalue weighted by atomic mass is 16.5. The van der Waals surface area contributed by atoms with Crippen LogP contribution in [0.5, 0.6) is 0 Å². The largest absolute Gasteiger partial charge is 0.396 e. The molecule has 0 aliphatic carbocycles. The van der Waals surface area contributed by atoms with Crippen molar-refractivity contribution in [1.29, 1.82) is 0 Å². The lowest BCUT2D eigenvalue weighted by atomic mass is 10.2. The standard InChI is InChI=1S/C10H13N3O2/c11-13-12-10(6-14)8-15-7-9-4-2-1-3-5-9/h1-5,10,14H,6-8H2/t10-/m1/s1. The van der Waals surface area contributed by atoms with Gasteiger partial charge >= 0.3 is 0 Å². The summed E-state index contributed by atoms with van der Waals surface area (Å²) in [7, 11) is 0. The Labute approximate surface area is 87.9 Å². The molecule has 0 spiro atoms. The third kappa shape index (κ3) is 4.46. The molecule has 0 aliphatic rings. The van der Waals surface area contributed by atoms with Gasteiger partial charge in [0.15, 0.2) is 0 Å². The second-order valence-electron chi connectivity index (χ2n) is 3.04. The van der Waals surface area contributed by atoms with Crippen LogP contribution in [0.1, 0.15) is 5.56 Å². The first kappa shape index (κ1) is 11.5. The highest BCUT2D eigenvalue weighted by Gasteiger charge is 2.04. The number of nitrogens with zero attached hydrogens (tertiary/aromatic N) is 3. The van der Waals surface area contributed by atoms with E-state index >= 15 is 0 Å². The van der Waals surface area contributed by atoms with Crippen LogP contribution in [0.25, 0.3) is 10.4 Å². The van der Waals surface area contributed by atoms with Crippen molar-refractivity contribution in [3.63, 3.8) is 0 Å². The number of hydrogen-bond donors (Lipinski definition) is 1. The number of aliphatic hydroxyl groups excluding tert-OH is 1. The second-order valence-corrected chi connectivity index (χ2v) is 3.04. The van der Waals surface area contributed by atoms with E-state index in [-0.39, 0.29) is 13.2 Å². The van der Waals surface area contributed by atoms with Crippen LogP contribution >= 0.6 is 0 Å². The van der Waals surface area contributed by atoms with E-state index in [0.717, 1.165) is 5.56 Å². The van der Waals surface area contributed by atoms with Gasteiger partial charge in [-0.25, -0.2) is 0 Å². The first-order valence-electron chi connectivity index (χ1n) is 4.63. The number of ether oxygens (including phenoxy) is 1. The van der Waals surface area contributed by atoms with Crippen LogP contribution in [0.3, 0.4) is 0 Å². The van der Waals surface area contributed by atoms with Crippen LogP contribution in [0.4, 0.5) is 0 Å². The van der Waals surface area contributed by atoms with E-state index in [1.807, 2.05) is 30.3 Å². The molecule has 0 saturated heterocycles. The Hall–Kier alpha value is -1.55. The van der Waals surface area contributed by atoms with E-state index in [9.17, 15) is 0 Å². The average molecular weight is 207 g/mol. The van der Waals surface area contributed by atoms with Crippen LogP contribution in [0, 0.1) is 0 Å². The minimum atomic E-state index is -0.501. The van der Waals surface area contributed by atoms with E-state index in [2.05, 4.69) is 10.0 Å². The fourth-order valence-corrected chi connectivity index (χ4v) is 1.08. The number of hydrogen-bond acceptors (Lipinski definition) is 3. The maximum atomic E-state index is 8.81. The van der Waals surface area contributed by atoms with E-state index in [1.54, 1.807) is 0 Å². The molecule has 0 aliphatic heterocycles. The zero-order valence-corrected chi connectivity index (χ0v) is 8.28. The third-order valence-corrected chi connectivity index (χ3v) is 1.85. The summed E-state index contributed by atoms with van der Waals surface area (Å²) in [6.45, 7) is 0.493. The zero-order chi connectivity index (χ0) is 10.9. The minimum absolute atomic E-state index is 0.196. The van der Waals surface area contributed by atoms with Crippen molar-refractivity contribution in [2.75, 3.05) is 13.2 Å². The molecular formula is C10H13N3O2. The molecule has 1 aromatic carbocycles. The summed E-state index contributed by atoms with van der Waals surface area (Å²) < 4.78 is 5.30. The van der Waals surface area contributed by atoms with Gasteiger partial charge in [0.1, 0.15) is 0 Å². The quantitative estimate of drug-likeness (QED) is 0.439. The van der Waals surface area contributed by atoms with E-state index in [0.29, 0.717) is 6.61 Å². The fraction of sp³-hybridized carbons (Fsp3) is 0.400. The van der Waals surface area contributed by atoms with Crippen molar-refractivity contribution in [3.8, 4) is 0 Å². The maximum Gasteiger partial charge on any atom is 0.0838 e. The first-order chi connectivity index (χ1) is 7.36. The molecule has 1 rings (SSSR count). The predicted molar refractivity (Wildman–Crippen MR) is 56.1 cm³/mol. The highest BCUT2D eigenvalue weighted by Crippen LogP contribution is 2.01. The van der Waals surface area contributed by atoms with Crippen molar-refractivity contribution in [2.45, 2.75) is 12.6 Å². The SMILES string of the molecule is [N-]=[N+]=N[C@H](CO)COCc1ccccc1. The van der Waals surface area contributed by atoms with E-state index in [1.165, 1.54) is 0 Å². The minimum Gasteiger partial charge on any atom is -0.396 e. The van der Waals surface area contributed by atoms with Gasteiger partial charge in [-0.15, -0.1) is 0 Å². The summed E-state index contributed by atoms with van der Waals surface area (Å²) in [4.78, 5) is 2.62. The second kappa shape index (κ2) is 6.84. The Morgan fingerprint density at radius 1 is 1.40 bits per heavy atom. The van der Waals surface area contributed by atoms with Crippen molar-refractivity contribution >= 4 is 0 Å². The van der Waals surface area contributed by atoms with Crippen LogP contribution < -0.4 is 0 Å². The highest BCUT2D eigenvalue weighted by molar-refractivity contribution is 5.13. The molecule has 0 amide bonds. The summed E-state index contributed by atoms with van der Waals surface area (Å²) in [5, 5.41) is 12.2. The van der Waals surface area contributed by atoms with E-state index < -0.39 is 6.04 Å². The first-order valence-corrected chi connectivity index (χ1v) is 4.63. The molecule has 0 radical (unpaired) electrons. The summed E-state index contributed by atoms with van der Waals surface area (Å²) in [5.41, 5.74) is 9.23. The summed E-state index contributed by atoms with van der Waals surface area (Å²) in [5.74, 6) is 0. The van der Waals surface area contributed by atoms with Crippen LogP contribution in [0.2, 0.25) is 0 Å². The molecule has 80 valence electrons. The van der Waals surface area contributed by atoms with Crippen molar-refractivity contribution < 1.29 is 9.84 Å². The van der Waals surface area contributed by atoms with Crippen molar-refractivity contribution in [1.82, 2.24) is 0 Å². The molecule has 5 nitrogen and oxygen atoms in total. The summed E-state index contributed by atoms with van der Waals surface area (Å²) >= 11 is 0. The Morgan fingerprint density at radius 2 is 2.13 bits per heavy atom. The Bertz CT molecular complexity index is 323. The fourth-order valence-electron chi connectivity index (χ4n) is 1.08. The van der Waals surface area contributed by atoms with Crippen molar-refractivity contribution in [2.24, 2.45) is 5.11 Å². The monoisotopic (exact) mass is 207 g/mol. The van der Waals surface area contributed by atoms with Gasteiger partial charge in [0.25, 0.3) is 0 Å². The zero-order valence-electron chi connectivity index (χ0n) is 8.28. The summed E-state index contributed by atoms with van der Waals surface area (Å²) in [6.07, 6.45) is 0. The van der Waals surface area contributed by atoms with Gasteiger partial charge in [-0.1, -0.05) is 35.4 Å². The predicted octanol–water partition coefficient (Wildman–Crippen LogP) is 1.87. The van der Waals surface area contributed by atoms with Gasteiger partial charge in [0.05, 0.1) is 25.9 Å². The number of rotatable bonds is 6. The number of azide groups is 1. The van der Waals surface area contributed by atoms with Crippen LogP contribution in [-0.4, -0.2) is 24.4 Å². The number of benzene rings is 1. The molecule has 0 fully saturated rings. The number of aliphatic hydroxyl groups is 1. The average Bonchev–Trinajstić information content (AvgIpc) is 2.29. The molecule has 0 aromatic heterocycles. The lowest BCUT2D eigenvalue weighted by Crippen LogP contribution is -2.17. The smallest absolute Gasteiger partial charge is 0.0838 e. The van der Waals surface area contributed by atoms with Crippen molar-refractivity contribution in [3.05, 3.63) is 46.3 Å². The lowest BCUT2D eigenvalue weighted by molar-refractivity contribution is 0.0900. The van der Waals surface area contributed by atoms with Crippen LogP contribution in [0.15, 0.2) is 35.4 Å². The molecule has 5 heteroatoms. The van der Waals surface area contributed by atoms with E-state index in [4.69, 9.17) is 15.4 Å². The lowest BCUT2D eigenvalue weighted by Gasteiger charge is -2.08. The molecule has 0 bridgehead atoms. The molecule has 0 heterocycles. The van der Waals surface area contributed by atoms with Gasteiger partial charge in [0.2, 0.25) is 0 Å². The van der Waals surface area contributed by atoms with Gasteiger partial charge in [0, 0.05) is 4.91 Å². The Kier molecular flexibility index (Phi) is 5.25. The van der Waals surface area contributed by atoms with Gasteiger partial charge in [-0.2, -0.15) is 0 Å². The molecule has 1 N–H and O–H groups in total. The normalized spacial score (nSPS) is 11.8. The topological polar surface area (TPSA) is 78.2 Å². The molecular weight excluding hydrogens is 194 g/mol. The molecule has 0 unspecified atom stereocenters. The van der Waals surface area contributed by atoms with Gasteiger partial charge in [-0.05, 0) is 11.1 Å². The summed E-state index contributed by atoms with van der Waals surface area (Å²) in [6, 6.07) is 9.17. The molecule has 0 saturated carbocycles. The Morgan fingerprint density at radius 3 is 2.73 bits per heavy atom. The van der Waals surface area contributed by atoms with Gasteiger partial charge < -0.3 is 9.84 Å². The Balaban J connectivity index is 2.29. The van der Waals surface area contributed by atoms with Gasteiger partial charge in [-0.3, -0.25) is 0 Å². The third-order valence-electron chi connectivity index (χ3n) is 1.85.